The number of benzene rings is 1. The summed E-state index contributed by atoms with van der Waals surface area (Å²) >= 11 is 0. The first kappa shape index (κ1) is 14.3. The highest BCUT2D eigenvalue weighted by molar-refractivity contribution is 5.30. The average molecular weight is 264 g/mol. The molecule has 1 aliphatic rings. The van der Waals surface area contributed by atoms with Gasteiger partial charge in [0.1, 0.15) is 5.75 Å². The second-order valence-electron chi connectivity index (χ2n) is 5.04. The van der Waals surface area contributed by atoms with Crippen LogP contribution >= 0.6 is 0 Å². The Kier molecular flexibility index (Phi) is 5.19. The maximum absolute atomic E-state index is 5.49. The van der Waals surface area contributed by atoms with Crippen molar-refractivity contribution in [1.82, 2.24) is 10.2 Å². The van der Waals surface area contributed by atoms with Crippen LogP contribution in [-0.4, -0.2) is 51.4 Å². The third-order valence-electron chi connectivity index (χ3n) is 3.77. The zero-order chi connectivity index (χ0) is 13.7. The Morgan fingerprint density at radius 3 is 3.05 bits per heavy atom. The number of nitrogens with zero attached hydrogens (tertiary/aromatic N) is 1. The normalized spacial score (nSPS) is 22.2. The fourth-order valence-electron chi connectivity index (χ4n) is 2.49. The highest BCUT2D eigenvalue weighted by Crippen LogP contribution is 2.21. The van der Waals surface area contributed by atoms with Crippen molar-refractivity contribution >= 4 is 0 Å². The summed E-state index contributed by atoms with van der Waals surface area (Å²) in [4.78, 5) is 2.48. The number of hydrogen-bond acceptors (Lipinski definition) is 4. The van der Waals surface area contributed by atoms with Gasteiger partial charge in [-0.1, -0.05) is 12.1 Å². The minimum atomic E-state index is 0.315. The van der Waals surface area contributed by atoms with Crippen molar-refractivity contribution in [2.45, 2.75) is 19.0 Å². The highest BCUT2D eigenvalue weighted by Gasteiger charge is 2.22. The molecule has 19 heavy (non-hydrogen) atoms. The number of likely N-dealkylation sites (N-methyl/N-ethyl adjacent to an activating group) is 1. The summed E-state index contributed by atoms with van der Waals surface area (Å²) in [7, 11) is 3.72. The molecular formula is C15H24N2O2. The van der Waals surface area contributed by atoms with Crippen molar-refractivity contribution in [3.63, 3.8) is 0 Å². The molecule has 0 amide bonds. The van der Waals surface area contributed by atoms with Crippen LogP contribution in [0.5, 0.6) is 5.75 Å². The molecule has 0 bridgehead atoms. The van der Waals surface area contributed by atoms with E-state index >= 15 is 0 Å². The first-order valence-corrected chi connectivity index (χ1v) is 6.87. The van der Waals surface area contributed by atoms with Crippen molar-refractivity contribution in [3.05, 3.63) is 29.8 Å². The molecule has 1 aliphatic heterocycles. The Balaban J connectivity index is 2.06. The summed E-state index contributed by atoms with van der Waals surface area (Å²) in [6.07, 6.45) is 0. The quantitative estimate of drug-likeness (QED) is 0.877. The summed E-state index contributed by atoms with van der Waals surface area (Å²) in [6, 6.07) is 9.07. The molecule has 2 unspecified atom stereocenters. The van der Waals surface area contributed by atoms with E-state index in [4.69, 9.17) is 9.47 Å². The van der Waals surface area contributed by atoms with Crippen LogP contribution in [0.1, 0.15) is 18.5 Å². The van der Waals surface area contributed by atoms with Crippen molar-refractivity contribution in [2.75, 3.05) is 40.5 Å². The van der Waals surface area contributed by atoms with Crippen LogP contribution < -0.4 is 10.1 Å². The molecule has 4 heteroatoms. The predicted molar refractivity (Wildman–Crippen MR) is 76.6 cm³/mol. The second kappa shape index (κ2) is 6.89. The van der Waals surface area contributed by atoms with E-state index in [-0.39, 0.29) is 0 Å². The van der Waals surface area contributed by atoms with Gasteiger partial charge in [0.2, 0.25) is 0 Å². The van der Waals surface area contributed by atoms with Crippen LogP contribution in [0.2, 0.25) is 0 Å². The lowest BCUT2D eigenvalue weighted by Crippen LogP contribution is -2.46. The number of rotatable bonds is 5. The van der Waals surface area contributed by atoms with Gasteiger partial charge in [0, 0.05) is 25.2 Å². The zero-order valence-corrected chi connectivity index (χ0v) is 12.1. The number of hydrogen-bond donors (Lipinski definition) is 1. The molecule has 0 saturated carbocycles. The lowest BCUT2D eigenvalue weighted by Gasteiger charge is -2.35. The summed E-state index contributed by atoms with van der Waals surface area (Å²) in [5, 5.41) is 3.40. The van der Waals surface area contributed by atoms with Crippen molar-refractivity contribution in [1.29, 1.82) is 0 Å². The molecule has 0 radical (unpaired) electrons. The molecule has 2 rings (SSSR count). The predicted octanol–water partition coefficient (Wildman–Crippen LogP) is 1.68. The van der Waals surface area contributed by atoms with Crippen LogP contribution in [0.15, 0.2) is 24.3 Å². The van der Waals surface area contributed by atoms with Gasteiger partial charge in [0.05, 0.1) is 20.3 Å². The van der Waals surface area contributed by atoms with Gasteiger partial charge in [-0.25, -0.2) is 0 Å². The summed E-state index contributed by atoms with van der Waals surface area (Å²) in [5.74, 6) is 0.910. The fourth-order valence-corrected chi connectivity index (χ4v) is 2.49. The van der Waals surface area contributed by atoms with Gasteiger partial charge in [0.25, 0.3) is 0 Å². The van der Waals surface area contributed by atoms with Crippen molar-refractivity contribution in [2.24, 2.45) is 0 Å². The minimum absolute atomic E-state index is 0.315. The summed E-state index contributed by atoms with van der Waals surface area (Å²) < 4.78 is 10.8. The van der Waals surface area contributed by atoms with E-state index in [0.29, 0.717) is 12.1 Å². The topological polar surface area (TPSA) is 33.7 Å². The van der Waals surface area contributed by atoms with Crippen LogP contribution in [-0.2, 0) is 4.74 Å². The van der Waals surface area contributed by atoms with Gasteiger partial charge in [-0.05, 0) is 31.7 Å². The number of nitrogens with one attached hydrogen (secondary N) is 1. The van der Waals surface area contributed by atoms with E-state index in [0.717, 1.165) is 32.1 Å². The third-order valence-corrected chi connectivity index (χ3v) is 3.77. The van der Waals surface area contributed by atoms with Gasteiger partial charge in [0.15, 0.2) is 0 Å². The largest absolute Gasteiger partial charge is 0.497 e. The number of morpholine rings is 1. The molecule has 1 N–H and O–H groups in total. The average Bonchev–Trinajstić information content (AvgIpc) is 2.46. The molecule has 1 fully saturated rings. The zero-order valence-electron chi connectivity index (χ0n) is 12.1. The van der Waals surface area contributed by atoms with Gasteiger partial charge in [-0.2, -0.15) is 0 Å². The number of ether oxygens (including phenoxy) is 2. The molecule has 1 saturated heterocycles. The maximum Gasteiger partial charge on any atom is 0.119 e. The Morgan fingerprint density at radius 2 is 2.37 bits per heavy atom. The lowest BCUT2D eigenvalue weighted by molar-refractivity contribution is -0.00417. The van der Waals surface area contributed by atoms with Crippen molar-refractivity contribution in [3.8, 4) is 5.75 Å². The van der Waals surface area contributed by atoms with Crippen LogP contribution in [0, 0.1) is 0 Å². The highest BCUT2D eigenvalue weighted by atomic mass is 16.5. The number of methoxy groups -OCH3 is 1. The Hall–Kier alpha value is -1.10. The van der Waals surface area contributed by atoms with Crippen molar-refractivity contribution < 1.29 is 9.47 Å². The van der Waals surface area contributed by atoms with Crippen LogP contribution in [0.25, 0.3) is 0 Å². The van der Waals surface area contributed by atoms with Crippen LogP contribution in [0.4, 0.5) is 0 Å². The van der Waals surface area contributed by atoms with E-state index in [1.54, 1.807) is 7.11 Å². The van der Waals surface area contributed by atoms with Crippen LogP contribution in [0.3, 0.4) is 0 Å². The smallest absolute Gasteiger partial charge is 0.119 e. The molecule has 4 nitrogen and oxygen atoms in total. The second-order valence-corrected chi connectivity index (χ2v) is 5.04. The Labute approximate surface area is 115 Å². The molecule has 1 aromatic carbocycles. The molecule has 0 spiro atoms. The standard InChI is InChI=1S/C15H24N2O2/c1-12-11-19-8-7-17(12)10-15(16-2)13-5-4-6-14(9-13)18-3/h4-6,9,12,15-16H,7-8,10-11H2,1-3H3. The Bertz CT molecular complexity index is 397. The molecule has 2 atom stereocenters. The van der Waals surface area contributed by atoms with Gasteiger partial charge >= 0.3 is 0 Å². The summed E-state index contributed by atoms with van der Waals surface area (Å²) in [6.45, 7) is 5.88. The van der Waals surface area contributed by atoms with E-state index in [1.165, 1.54) is 5.56 Å². The summed E-state index contributed by atoms with van der Waals surface area (Å²) in [5.41, 5.74) is 1.26. The van der Waals surface area contributed by atoms with E-state index in [2.05, 4.69) is 29.3 Å². The molecule has 0 aliphatic carbocycles. The van der Waals surface area contributed by atoms with E-state index in [1.807, 2.05) is 19.2 Å². The molecule has 1 heterocycles. The SMILES string of the molecule is CNC(CN1CCOCC1C)c1cccc(OC)c1. The molecule has 1 aromatic rings. The first-order valence-electron chi connectivity index (χ1n) is 6.87. The van der Waals surface area contributed by atoms with E-state index in [9.17, 15) is 0 Å². The fraction of sp³-hybridized carbons (Fsp3) is 0.600. The third kappa shape index (κ3) is 3.69. The molecule has 106 valence electrons. The van der Waals surface area contributed by atoms with Gasteiger partial charge in [-0.3, -0.25) is 4.90 Å². The Morgan fingerprint density at radius 1 is 1.53 bits per heavy atom. The molecule has 0 aromatic heterocycles. The van der Waals surface area contributed by atoms with E-state index < -0.39 is 0 Å². The molecular weight excluding hydrogens is 240 g/mol. The first-order chi connectivity index (χ1) is 9.24. The minimum Gasteiger partial charge on any atom is -0.497 e. The monoisotopic (exact) mass is 264 g/mol. The van der Waals surface area contributed by atoms with Gasteiger partial charge in [-0.15, -0.1) is 0 Å². The maximum atomic E-state index is 5.49. The lowest BCUT2D eigenvalue weighted by atomic mass is 10.1. The van der Waals surface area contributed by atoms with Gasteiger partial charge < -0.3 is 14.8 Å².